The van der Waals surface area contributed by atoms with Gasteiger partial charge in [0.1, 0.15) is 5.70 Å². The van der Waals surface area contributed by atoms with Crippen LogP contribution in [0.25, 0.3) is 6.08 Å². The molecule has 0 aliphatic carbocycles. The summed E-state index contributed by atoms with van der Waals surface area (Å²) < 4.78 is 1.03. The normalized spacial score (nSPS) is 16.5. The minimum absolute atomic E-state index is 0.128. The van der Waals surface area contributed by atoms with Crippen LogP contribution in [0.2, 0.25) is 0 Å². The maximum absolute atomic E-state index is 12.6. The molecule has 0 radical (unpaired) electrons. The lowest BCUT2D eigenvalue weighted by Gasteiger charge is -2.15. The fraction of sp³-hybridized carbons (Fsp3) is 0.176. The van der Waals surface area contributed by atoms with Crippen LogP contribution in [0.1, 0.15) is 30.2 Å². The molecule has 1 saturated heterocycles. The van der Waals surface area contributed by atoms with Gasteiger partial charge in [-0.15, -0.1) is 11.3 Å². The van der Waals surface area contributed by atoms with Gasteiger partial charge in [0, 0.05) is 4.88 Å². The molecule has 2 heterocycles. The highest BCUT2D eigenvalue weighted by molar-refractivity contribution is 9.11. The van der Waals surface area contributed by atoms with Crippen molar-refractivity contribution in [2.75, 3.05) is 4.90 Å². The minimum atomic E-state index is -0.128. The van der Waals surface area contributed by atoms with E-state index < -0.39 is 0 Å². The van der Waals surface area contributed by atoms with E-state index in [1.165, 1.54) is 10.5 Å². The van der Waals surface area contributed by atoms with E-state index in [9.17, 15) is 4.79 Å². The number of benzene rings is 1. The van der Waals surface area contributed by atoms with Gasteiger partial charge in [-0.05, 0) is 70.0 Å². The summed E-state index contributed by atoms with van der Waals surface area (Å²) in [7, 11) is 0. The number of carbonyl (C=O) groups excluding carboxylic acids is 1. The van der Waals surface area contributed by atoms with E-state index in [4.69, 9.17) is 12.2 Å². The first-order chi connectivity index (χ1) is 11.0. The molecule has 3 nitrogen and oxygen atoms in total. The zero-order chi connectivity index (χ0) is 16.6. The second-order valence-electron chi connectivity index (χ2n) is 5.52. The van der Waals surface area contributed by atoms with E-state index in [0.717, 1.165) is 14.4 Å². The van der Waals surface area contributed by atoms with Gasteiger partial charge in [0.05, 0.1) is 9.47 Å². The monoisotopic (exact) mass is 406 g/mol. The Labute approximate surface area is 153 Å². The van der Waals surface area contributed by atoms with Crippen molar-refractivity contribution in [1.29, 1.82) is 0 Å². The number of thiocarbonyl (C=S) groups is 1. The summed E-state index contributed by atoms with van der Waals surface area (Å²) in [4.78, 5) is 15.2. The molecule has 6 heteroatoms. The van der Waals surface area contributed by atoms with E-state index in [-0.39, 0.29) is 5.91 Å². The number of thiophene rings is 1. The topological polar surface area (TPSA) is 32.3 Å². The highest BCUT2D eigenvalue weighted by Crippen LogP contribution is 2.27. The molecule has 23 heavy (non-hydrogen) atoms. The second-order valence-corrected chi connectivity index (χ2v) is 8.40. The van der Waals surface area contributed by atoms with Crippen LogP contribution in [0.3, 0.4) is 0 Å². The molecule has 1 aromatic carbocycles. The molecule has 1 aliphatic rings. The molecule has 0 unspecified atom stereocenters. The van der Waals surface area contributed by atoms with Crippen LogP contribution in [0, 0.1) is 0 Å². The van der Waals surface area contributed by atoms with Crippen LogP contribution in [0.5, 0.6) is 0 Å². The Hall–Kier alpha value is -1.50. The van der Waals surface area contributed by atoms with Crippen molar-refractivity contribution in [2.24, 2.45) is 0 Å². The first kappa shape index (κ1) is 16.4. The summed E-state index contributed by atoms with van der Waals surface area (Å²) in [5.41, 5.74) is 2.52. The SMILES string of the molecule is CC(C)c1ccc(N2C(=O)/C(=C\c3ccc(Br)s3)NC2=S)cc1. The third kappa shape index (κ3) is 3.39. The number of carbonyl (C=O) groups is 1. The van der Waals surface area contributed by atoms with Gasteiger partial charge in [-0.1, -0.05) is 26.0 Å². The predicted octanol–water partition coefficient (Wildman–Crippen LogP) is 4.90. The predicted molar refractivity (Wildman–Crippen MR) is 104 cm³/mol. The second kappa shape index (κ2) is 6.55. The van der Waals surface area contributed by atoms with Crippen LogP contribution >= 0.6 is 39.5 Å². The van der Waals surface area contributed by atoms with Crippen LogP contribution in [-0.4, -0.2) is 11.0 Å². The number of nitrogens with one attached hydrogen (secondary N) is 1. The van der Waals surface area contributed by atoms with Gasteiger partial charge in [-0.3, -0.25) is 9.69 Å². The Balaban J connectivity index is 1.88. The van der Waals surface area contributed by atoms with Crippen molar-refractivity contribution < 1.29 is 4.79 Å². The minimum Gasteiger partial charge on any atom is -0.327 e. The molecule has 1 aromatic heterocycles. The third-order valence-electron chi connectivity index (χ3n) is 3.58. The molecular formula is C17H15BrN2OS2. The lowest BCUT2D eigenvalue weighted by atomic mass is 10.0. The van der Waals surface area contributed by atoms with E-state index in [0.29, 0.717) is 16.7 Å². The average molecular weight is 407 g/mol. The van der Waals surface area contributed by atoms with E-state index in [1.54, 1.807) is 11.3 Å². The Morgan fingerprint density at radius 1 is 1.22 bits per heavy atom. The van der Waals surface area contributed by atoms with Crippen LogP contribution in [0.4, 0.5) is 5.69 Å². The molecule has 118 valence electrons. The van der Waals surface area contributed by atoms with Gasteiger partial charge in [0.2, 0.25) is 0 Å². The number of nitrogens with zero attached hydrogens (tertiary/aromatic N) is 1. The van der Waals surface area contributed by atoms with Crippen molar-refractivity contribution in [1.82, 2.24) is 5.32 Å². The van der Waals surface area contributed by atoms with Gasteiger partial charge in [-0.25, -0.2) is 0 Å². The Kier molecular flexibility index (Phi) is 4.66. The molecule has 0 spiro atoms. The number of halogens is 1. The van der Waals surface area contributed by atoms with Crippen molar-refractivity contribution in [3.05, 3.63) is 56.3 Å². The molecular weight excluding hydrogens is 392 g/mol. The van der Waals surface area contributed by atoms with Crippen LogP contribution < -0.4 is 10.2 Å². The van der Waals surface area contributed by atoms with E-state index in [2.05, 4.69) is 35.1 Å². The fourth-order valence-electron chi connectivity index (χ4n) is 2.33. The summed E-state index contributed by atoms with van der Waals surface area (Å²) in [6.45, 7) is 4.28. The maximum Gasteiger partial charge on any atom is 0.281 e. The summed E-state index contributed by atoms with van der Waals surface area (Å²) in [5, 5.41) is 3.42. The Morgan fingerprint density at radius 3 is 2.48 bits per heavy atom. The number of hydrogen-bond donors (Lipinski definition) is 1. The molecule has 0 bridgehead atoms. The number of anilines is 1. The van der Waals surface area contributed by atoms with Crippen LogP contribution in [-0.2, 0) is 4.79 Å². The number of hydrogen-bond acceptors (Lipinski definition) is 3. The van der Waals surface area contributed by atoms with Gasteiger partial charge in [0.15, 0.2) is 5.11 Å². The van der Waals surface area contributed by atoms with Crippen molar-refractivity contribution in [2.45, 2.75) is 19.8 Å². The van der Waals surface area contributed by atoms with Crippen molar-refractivity contribution in [3.63, 3.8) is 0 Å². The third-order valence-corrected chi connectivity index (χ3v) is 5.43. The molecule has 1 aliphatic heterocycles. The molecule has 0 saturated carbocycles. The summed E-state index contributed by atoms with van der Waals surface area (Å²) >= 11 is 10.3. The van der Waals surface area contributed by atoms with Gasteiger partial charge in [0.25, 0.3) is 5.91 Å². The molecule has 1 amide bonds. The van der Waals surface area contributed by atoms with Crippen LogP contribution in [0.15, 0.2) is 45.9 Å². The molecule has 3 rings (SSSR count). The summed E-state index contributed by atoms with van der Waals surface area (Å²) in [5.74, 6) is 0.327. The fourth-order valence-corrected chi connectivity index (χ4v) is 3.99. The summed E-state index contributed by atoms with van der Waals surface area (Å²) in [6, 6.07) is 11.9. The van der Waals surface area contributed by atoms with Gasteiger partial charge < -0.3 is 5.32 Å². The molecule has 0 atom stereocenters. The lowest BCUT2D eigenvalue weighted by molar-refractivity contribution is -0.113. The first-order valence-electron chi connectivity index (χ1n) is 7.18. The number of rotatable bonds is 3. The largest absolute Gasteiger partial charge is 0.327 e. The lowest BCUT2D eigenvalue weighted by Crippen LogP contribution is -2.30. The quantitative estimate of drug-likeness (QED) is 0.581. The van der Waals surface area contributed by atoms with Gasteiger partial charge >= 0.3 is 0 Å². The van der Waals surface area contributed by atoms with E-state index in [1.807, 2.05) is 42.5 Å². The van der Waals surface area contributed by atoms with Crippen molar-refractivity contribution in [3.8, 4) is 0 Å². The standard InChI is InChI=1S/C17H15BrN2OS2/c1-10(2)11-3-5-12(6-4-11)20-16(21)14(19-17(20)22)9-13-7-8-15(18)23-13/h3-10H,1-2H3,(H,19,22)/b14-9+. The molecule has 1 N–H and O–H groups in total. The zero-order valence-electron chi connectivity index (χ0n) is 12.7. The van der Waals surface area contributed by atoms with E-state index >= 15 is 0 Å². The first-order valence-corrected chi connectivity index (χ1v) is 9.20. The molecule has 2 aromatic rings. The summed E-state index contributed by atoms with van der Waals surface area (Å²) in [6.07, 6.45) is 1.83. The van der Waals surface area contributed by atoms with Gasteiger partial charge in [-0.2, -0.15) is 0 Å². The Bertz CT molecular complexity index is 793. The number of amides is 1. The molecule has 1 fully saturated rings. The van der Waals surface area contributed by atoms with Crippen molar-refractivity contribution >= 4 is 62.3 Å². The Morgan fingerprint density at radius 2 is 1.91 bits per heavy atom. The highest BCUT2D eigenvalue weighted by atomic mass is 79.9. The highest BCUT2D eigenvalue weighted by Gasteiger charge is 2.32. The average Bonchev–Trinajstić information content (AvgIpc) is 3.03. The smallest absolute Gasteiger partial charge is 0.281 e. The maximum atomic E-state index is 12.6. The zero-order valence-corrected chi connectivity index (χ0v) is 15.9.